The van der Waals surface area contributed by atoms with E-state index >= 15 is 0 Å². The van der Waals surface area contributed by atoms with Gasteiger partial charge in [-0.05, 0) is 17.7 Å². The second-order valence-electron chi connectivity index (χ2n) is 2.51. The lowest BCUT2D eigenvalue weighted by Gasteiger charge is -2.04. The summed E-state index contributed by atoms with van der Waals surface area (Å²) in [4.78, 5) is 10.6. The number of carbonyl (C=O) groups is 1. The van der Waals surface area contributed by atoms with Crippen LogP contribution in [0.5, 0.6) is 0 Å². The summed E-state index contributed by atoms with van der Waals surface area (Å²) in [5.41, 5.74) is 17.1. The van der Waals surface area contributed by atoms with Gasteiger partial charge in [0.05, 0.1) is 6.17 Å². The Balaban J connectivity index is 2.93. The molecular formula is C8H11N3O. The number of amides is 1. The number of hydrogen-bond acceptors (Lipinski definition) is 3. The van der Waals surface area contributed by atoms with Gasteiger partial charge in [-0.2, -0.15) is 0 Å². The molecule has 0 aromatic heterocycles. The highest BCUT2D eigenvalue weighted by Crippen LogP contribution is 2.06. The summed E-state index contributed by atoms with van der Waals surface area (Å²) in [6, 6.07) is 6.57. The van der Waals surface area contributed by atoms with Gasteiger partial charge in [-0.1, -0.05) is 12.1 Å². The molecule has 0 saturated carbocycles. The van der Waals surface area contributed by atoms with Crippen molar-refractivity contribution in [1.29, 1.82) is 0 Å². The average molecular weight is 165 g/mol. The SMILES string of the molecule is NC(=O)c1ccc(C(N)N)cc1. The van der Waals surface area contributed by atoms with Gasteiger partial charge in [0.1, 0.15) is 0 Å². The van der Waals surface area contributed by atoms with Crippen LogP contribution in [0.2, 0.25) is 0 Å². The molecule has 1 amide bonds. The highest BCUT2D eigenvalue weighted by atomic mass is 16.1. The van der Waals surface area contributed by atoms with Gasteiger partial charge in [0.25, 0.3) is 0 Å². The second kappa shape index (κ2) is 3.34. The Morgan fingerprint density at radius 2 is 1.67 bits per heavy atom. The molecular weight excluding hydrogens is 154 g/mol. The molecule has 0 aliphatic carbocycles. The molecule has 4 heteroatoms. The van der Waals surface area contributed by atoms with Crippen molar-refractivity contribution in [2.24, 2.45) is 17.2 Å². The maximum atomic E-state index is 10.6. The first-order chi connectivity index (χ1) is 5.61. The molecule has 64 valence electrons. The minimum absolute atomic E-state index is 0.452. The number of rotatable bonds is 2. The minimum Gasteiger partial charge on any atom is -0.366 e. The largest absolute Gasteiger partial charge is 0.366 e. The van der Waals surface area contributed by atoms with Gasteiger partial charge in [0.15, 0.2) is 0 Å². The first-order valence-corrected chi connectivity index (χ1v) is 3.52. The standard InChI is InChI=1S/C8H11N3O/c9-7(10)5-1-3-6(4-2-5)8(11)12/h1-4,7H,9-10H2,(H2,11,12). The van der Waals surface area contributed by atoms with Gasteiger partial charge in [-0.3, -0.25) is 4.79 Å². The second-order valence-corrected chi connectivity index (χ2v) is 2.51. The van der Waals surface area contributed by atoms with Crippen molar-refractivity contribution in [2.45, 2.75) is 6.17 Å². The van der Waals surface area contributed by atoms with Crippen molar-refractivity contribution in [3.8, 4) is 0 Å². The van der Waals surface area contributed by atoms with Crippen molar-refractivity contribution < 1.29 is 4.79 Å². The van der Waals surface area contributed by atoms with Gasteiger partial charge >= 0.3 is 0 Å². The molecule has 0 fully saturated rings. The molecule has 0 aliphatic heterocycles. The summed E-state index contributed by atoms with van der Waals surface area (Å²) in [6.07, 6.45) is -0.507. The van der Waals surface area contributed by atoms with Crippen molar-refractivity contribution in [3.63, 3.8) is 0 Å². The molecule has 1 aromatic rings. The summed E-state index contributed by atoms with van der Waals surface area (Å²) in [5.74, 6) is -0.452. The lowest BCUT2D eigenvalue weighted by atomic mass is 10.1. The van der Waals surface area contributed by atoms with E-state index in [9.17, 15) is 4.79 Å². The number of nitrogens with two attached hydrogens (primary N) is 3. The third-order valence-corrected chi connectivity index (χ3v) is 1.58. The van der Waals surface area contributed by atoms with E-state index in [1.165, 1.54) is 0 Å². The normalized spacial score (nSPS) is 10.2. The third kappa shape index (κ3) is 1.81. The zero-order valence-corrected chi connectivity index (χ0v) is 6.53. The van der Waals surface area contributed by atoms with Crippen molar-refractivity contribution in [2.75, 3.05) is 0 Å². The molecule has 4 nitrogen and oxygen atoms in total. The first kappa shape index (κ1) is 8.70. The molecule has 6 N–H and O–H groups in total. The maximum absolute atomic E-state index is 10.6. The Morgan fingerprint density at radius 1 is 1.17 bits per heavy atom. The molecule has 0 atom stereocenters. The van der Waals surface area contributed by atoms with Gasteiger partial charge in [0.2, 0.25) is 5.91 Å². The monoisotopic (exact) mass is 165 g/mol. The van der Waals surface area contributed by atoms with Crippen LogP contribution in [0.25, 0.3) is 0 Å². The third-order valence-electron chi connectivity index (χ3n) is 1.58. The number of primary amides is 1. The molecule has 0 spiro atoms. The lowest BCUT2D eigenvalue weighted by Crippen LogP contribution is -2.20. The predicted octanol–water partition coefficient (Wildman–Crippen LogP) is -0.298. The van der Waals surface area contributed by atoms with Gasteiger partial charge in [0, 0.05) is 5.56 Å². The number of benzene rings is 1. The zero-order chi connectivity index (χ0) is 9.14. The molecule has 0 aliphatic rings. The van der Waals surface area contributed by atoms with Crippen LogP contribution in [0.1, 0.15) is 22.1 Å². The smallest absolute Gasteiger partial charge is 0.248 e. The van der Waals surface area contributed by atoms with Crippen LogP contribution in [0, 0.1) is 0 Å². The van der Waals surface area contributed by atoms with E-state index in [1.807, 2.05) is 0 Å². The lowest BCUT2D eigenvalue weighted by molar-refractivity contribution is 0.100. The van der Waals surface area contributed by atoms with E-state index in [0.29, 0.717) is 5.56 Å². The van der Waals surface area contributed by atoms with Gasteiger partial charge in [-0.15, -0.1) is 0 Å². The Morgan fingerprint density at radius 3 is 2.00 bits per heavy atom. The summed E-state index contributed by atoms with van der Waals surface area (Å²) in [6.45, 7) is 0. The van der Waals surface area contributed by atoms with Crippen LogP contribution >= 0.6 is 0 Å². The number of carbonyl (C=O) groups excluding carboxylic acids is 1. The highest BCUT2D eigenvalue weighted by molar-refractivity contribution is 5.92. The highest BCUT2D eigenvalue weighted by Gasteiger charge is 2.01. The van der Waals surface area contributed by atoms with Crippen LogP contribution in [0.3, 0.4) is 0 Å². The summed E-state index contributed by atoms with van der Waals surface area (Å²) in [7, 11) is 0. The molecule has 0 unspecified atom stereocenters. The molecule has 1 aromatic carbocycles. The van der Waals surface area contributed by atoms with Crippen LogP contribution in [0.4, 0.5) is 0 Å². The molecule has 12 heavy (non-hydrogen) atoms. The van der Waals surface area contributed by atoms with E-state index in [1.54, 1.807) is 24.3 Å². The Hall–Kier alpha value is -1.39. The van der Waals surface area contributed by atoms with Crippen molar-refractivity contribution in [1.82, 2.24) is 0 Å². The fourth-order valence-electron chi connectivity index (χ4n) is 0.870. The van der Waals surface area contributed by atoms with E-state index in [-0.39, 0.29) is 0 Å². The Kier molecular flexibility index (Phi) is 2.42. The van der Waals surface area contributed by atoms with Gasteiger partial charge in [-0.25, -0.2) is 0 Å². The first-order valence-electron chi connectivity index (χ1n) is 3.52. The molecule has 0 heterocycles. The zero-order valence-electron chi connectivity index (χ0n) is 6.53. The van der Waals surface area contributed by atoms with Crippen molar-refractivity contribution in [3.05, 3.63) is 35.4 Å². The maximum Gasteiger partial charge on any atom is 0.248 e. The van der Waals surface area contributed by atoms with Crippen LogP contribution in [0.15, 0.2) is 24.3 Å². The van der Waals surface area contributed by atoms with Crippen LogP contribution in [-0.2, 0) is 0 Å². The molecule has 0 bridgehead atoms. The molecule has 1 rings (SSSR count). The van der Waals surface area contributed by atoms with E-state index in [2.05, 4.69) is 0 Å². The van der Waals surface area contributed by atoms with Crippen LogP contribution < -0.4 is 17.2 Å². The predicted molar refractivity (Wildman–Crippen MR) is 46.1 cm³/mol. The fourth-order valence-corrected chi connectivity index (χ4v) is 0.870. The Labute approximate surface area is 70.3 Å². The average Bonchev–Trinajstić information content (AvgIpc) is 2.04. The van der Waals surface area contributed by atoms with Crippen molar-refractivity contribution >= 4 is 5.91 Å². The topological polar surface area (TPSA) is 95.1 Å². The Bertz CT molecular complexity index is 279. The summed E-state index contributed by atoms with van der Waals surface area (Å²) < 4.78 is 0. The molecule has 0 saturated heterocycles. The van der Waals surface area contributed by atoms with E-state index < -0.39 is 12.1 Å². The van der Waals surface area contributed by atoms with E-state index in [0.717, 1.165) is 5.56 Å². The summed E-state index contributed by atoms with van der Waals surface area (Å²) >= 11 is 0. The van der Waals surface area contributed by atoms with E-state index in [4.69, 9.17) is 17.2 Å². The summed E-state index contributed by atoms with van der Waals surface area (Å²) in [5, 5.41) is 0. The van der Waals surface area contributed by atoms with Crippen LogP contribution in [-0.4, -0.2) is 5.91 Å². The quantitative estimate of drug-likeness (QED) is 0.525. The number of hydrogen-bond donors (Lipinski definition) is 3. The van der Waals surface area contributed by atoms with Gasteiger partial charge < -0.3 is 17.2 Å². The molecule has 0 radical (unpaired) electrons. The minimum atomic E-state index is -0.507. The fraction of sp³-hybridized carbons (Fsp3) is 0.125.